The lowest BCUT2D eigenvalue weighted by Gasteiger charge is -2.27. The van der Waals surface area contributed by atoms with E-state index in [1.807, 2.05) is 152 Å². The van der Waals surface area contributed by atoms with Crippen molar-refractivity contribution in [2.45, 2.75) is 34.6 Å². The lowest BCUT2D eigenvalue weighted by atomic mass is 10.0. The Morgan fingerprint density at radius 2 is 0.300 bits per heavy atom. The molecule has 0 fully saturated rings. The van der Waals surface area contributed by atoms with E-state index in [-0.39, 0.29) is 45.0 Å². The summed E-state index contributed by atoms with van der Waals surface area (Å²) >= 11 is 0. The summed E-state index contributed by atoms with van der Waals surface area (Å²) in [7, 11) is 0. The molecule has 15 heteroatoms. The number of para-hydroxylation sites is 2. The molecule has 0 bridgehead atoms. The lowest BCUT2D eigenvalue weighted by molar-refractivity contribution is 0.0517. The Morgan fingerprint density at radius 1 is 0.167 bits per heavy atom. The van der Waals surface area contributed by atoms with Crippen LogP contribution >= 0.6 is 0 Å². The molecule has 0 amide bonds. The average molecular weight is 1580 g/mol. The minimum atomic E-state index is -0.416. The number of hydrogen-bond acceptors (Lipinski definition) is 15. The number of benzene rings is 15. The van der Waals surface area contributed by atoms with E-state index in [2.05, 4.69) is 219 Å². The molecule has 0 aliphatic heterocycles. The van der Waals surface area contributed by atoms with Crippen molar-refractivity contribution >= 4 is 115 Å². The molecular weight excluding hydrogens is 1490 g/mol. The first-order valence-corrected chi connectivity index (χ1v) is 40.1. The van der Waals surface area contributed by atoms with Crippen LogP contribution in [0.25, 0.3) is 44.5 Å². The molecule has 120 heavy (non-hydrogen) atoms. The third-order valence-corrected chi connectivity index (χ3v) is 20.4. The minimum absolute atomic E-state index is 0.235. The molecule has 0 heterocycles. The van der Waals surface area contributed by atoms with Gasteiger partial charge in [0.05, 0.1) is 60.9 Å². The van der Waals surface area contributed by atoms with Gasteiger partial charge in [-0.2, -0.15) is 0 Å². The second kappa shape index (κ2) is 37.5. The van der Waals surface area contributed by atoms with Gasteiger partial charge >= 0.3 is 29.8 Å². The van der Waals surface area contributed by atoms with Gasteiger partial charge < -0.3 is 48.2 Å². The van der Waals surface area contributed by atoms with E-state index in [1.54, 1.807) is 65.0 Å². The zero-order chi connectivity index (χ0) is 82.9. The van der Waals surface area contributed by atoms with Gasteiger partial charge in [-0.3, -0.25) is 0 Å². The third-order valence-electron chi connectivity index (χ3n) is 20.4. The van der Waals surface area contributed by atoms with Gasteiger partial charge in [-0.05, 0) is 291 Å². The Hall–Kier alpha value is -15.4. The van der Waals surface area contributed by atoms with Gasteiger partial charge in [0.25, 0.3) is 0 Å². The van der Waals surface area contributed by atoms with Crippen molar-refractivity contribution in [1.29, 1.82) is 0 Å². The smallest absolute Gasteiger partial charge is 0.338 e. The standard InChI is InChI=1S/C105H87N5O10/c1-6-116-101(111)81-22-17-31-96(68-81)106(86-27-13-11-14-28-86)88-52-36-73(37-53-88)75-40-56-90(57-41-75)108(98-33-19-24-83(70-98)103(113)118-8-3)92-60-44-77(45-61-92)79-48-64-94(65-49-79)110(100-35-21-26-85(72-100)105(115)120-10-5)95-66-50-80(51-67-95)78-46-62-93(63-47-78)109(99-34-20-25-84(71-99)104(114)119-9-4)91-58-42-76(43-59-91)74-38-54-89(55-39-74)107(87-29-15-12-16-30-87)97-32-18-23-82(69-97)102(112)117-7-2/h11-72H,6-10H2,1-5H3. The van der Waals surface area contributed by atoms with Crippen LogP contribution in [-0.4, -0.2) is 62.9 Å². The molecule has 0 radical (unpaired) electrons. The fourth-order valence-corrected chi connectivity index (χ4v) is 14.7. The van der Waals surface area contributed by atoms with Crippen molar-refractivity contribution in [3.63, 3.8) is 0 Å². The molecule has 15 aromatic rings. The quantitative estimate of drug-likeness (QED) is 0.0323. The van der Waals surface area contributed by atoms with Gasteiger partial charge in [-0.25, -0.2) is 24.0 Å². The van der Waals surface area contributed by atoms with Crippen molar-refractivity contribution < 1.29 is 47.7 Å². The Labute approximate surface area is 699 Å². The van der Waals surface area contributed by atoms with Crippen LogP contribution in [0.3, 0.4) is 0 Å². The number of nitrogens with zero attached hydrogens (tertiary/aromatic N) is 5. The second-order valence-corrected chi connectivity index (χ2v) is 28.1. The number of hydrogen-bond donors (Lipinski definition) is 0. The van der Waals surface area contributed by atoms with Crippen molar-refractivity contribution in [3.05, 3.63) is 404 Å². The topological polar surface area (TPSA) is 148 Å². The maximum absolute atomic E-state index is 13.4. The van der Waals surface area contributed by atoms with Gasteiger partial charge in [0.2, 0.25) is 0 Å². The summed E-state index contributed by atoms with van der Waals surface area (Å²) in [5, 5.41) is 0. The number of anilines is 15. The molecule has 0 aromatic heterocycles. The first-order chi connectivity index (χ1) is 58.8. The highest BCUT2D eigenvalue weighted by Crippen LogP contribution is 2.45. The van der Waals surface area contributed by atoms with E-state index >= 15 is 0 Å². The molecule has 0 aliphatic rings. The first-order valence-electron chi connectivity index (χ1n) is 40.1. The highest BCUT2D eigenvalue weighted by Gasteiger charge is 2.24. The van der Waals surface area contributed by atoms with Crippen molar-refractivity contribution in [2.24, 2.45) is 0 Å². The molecule has 15 rings (SSSR count). The molecule has 15 nitrogen and oxygen atoms in total. The van der Waals surface area contributed by atoms with Gasteiger partial charge in [0.15, 0.2) is 0 Å². The maximum atomic E-state index is 13.4. The van der Waals surface area contributed by atoms with Gasteiger partial charge in [-0.15, -0.1) is 0 Å². The number of carbonyl (C=O) groups is 5. The fraction of sp³-hybridized carbons (Fsp3) is 0.0952. The maximum Gasteiger partial charge on any atom is 0.338 e. The van der Waals surface area contributed by atoms with Crippen LogP contribution in [0.1, 0.15) is 86.4 Å². The molecule has 0 saturated heterocycles. The Balaban J connectivity index is 0.693. The average Bonchev–Trinajstić information content (AvgIpc) is 0.793. The van der Waals surface area contributed by atoms with E-state index in [0.717, 1.165) is 130 Å². The summed E-state index contributed by atoms with van der Waals surface area (Å²) in [6.07, 6.45) is 0. The number of rotatable bonds is 29. The van der Waals surface area contributed by atoms with Gasteiger partial charge in [0, 0.05) is 85.3 Å². The first kappa shape index (κ1) is 79.9. The van der Waals surface area contributed by atoms with Crippen LogP contribution in [0.2, 0.25) is 0 Å². The molecule has 0 atom stereocenters. The normalized spacial score (nSPS) is 10.9. The Bertz CT molecular complexity index is 5730. The molecule has 0 unspecified atom stereocenters. The van der Waals surface area contributed by atoms with Crippen molar-refractivity contribution in [1.82, 2.24) is 0 Å². The predicted molar refractivity (Wildman–Crippen MR) is 481 cm³/mol. The number of ether oxygens (including phenoxy) is 5. The van der Waals surface area contributed by atoms with E-state index in [9.17, 15) is 24.0 Å². The molecular formula is C105H87N5O10. The molecule has 0 saturated carbocycles. The Morgan fingerprint density at radius 3 is 0.442 bits per heavy atom. The van der Waals surface area contributed by atoms with E-state index in [4.69, 9.17) is 23.7 Å². The van der Waals surface area contributed by atoms with Crippen LogP contribution in [0.15, 0.2) is 376 Å². The molecule has 15 aromatic carbocycles. The summed E-state index contributed by atoms with van der Waals surface area (Å²) < 4.78 is 27.2. The summed E-state index contributed by atoms with van der Waals surface area (Å²) in [4.78, 5) is 76.3. The third kappa shape index (κ3) is 18.2. The zero-order valence-electron chi connectivity index (χ0n) is 67.1. The summed E-state index contributed by atoms with van der Waals surface area (Å²) in [5.41, 5.74) is 22.9. The molecule has 0 spiro atoms. The van der Waals surface area contributed by atoms with Crippen LogP contribution in [0.5, 0.6) is 0 Å². The van der Waals surface area contributed by atoms with Gasteiger partial charge in [0.1, 0.15) is 0 Å². The summed E-state index contributed by atoms with van der Waals surface area (Å²) in [6.45, 7) is 10.3. The molecule has 0 aliphatic carbocycles. The van der Waals surface area contributed by atoms with Crippen LogP contribution in [0.4, 0.5) is 85.3 Å². The van der Waals surface area contributed by atoms with Crippen LogP contribution in [0, 0.1) is 0 Å². The van der Waals surface area contributed by atoms with Crippen LogP contribution in [-0.2, 0) is 23.7 Å². The summed E-state index contributed by atoms with van der Waals surface area (Å²) in [5.74, 6) is -1.98. The Kier molecular flexibility index (Phi) is 25.0. The predicted octanol–water partition coefficient (Wildman–Crippen LogP) is 26.6. The highest BCUT2D eigenvalue weighted by atomic mass is 16.5. The van der Waals surface area contributed by atoms with Crippen molar-refractivity contribution in [3.8, 4) is 44.5 Å². The number of esters is 5. The monoisotopic (exact) mass is 1580 g/mol. The minimum Gasteiger partial charge on any atom is -0.462 e. The van der Waals surface area contributed by atoms with Crippen LogP contribution < -0.4 is 24.5 Å². The van der Waals surface area contributed by atoms with E-state index in [1.165, 1.54) is 0 Å². The van der Waals surface area contributed by atoms with Crippen molar-refractivity contribution in [2.75, 3.05) is 57.5 Å². The molecule has 0 N–H and O–H groups in total. The number of carbonyl (C=O) groups excluding carboxylic acids is 5. The zero-order valence-corrected chi connectivity index (χ0v) is 67.1. The second-order valence-electron chi connectivity index (χ2n) is 28.1. The van der Waals surface area contributed by atoms with Gasteiger partial charge in [-0.1, -0.05) is 164 Å². The SMILES string of the molecule is CCOC(=O)c1cccc(N(c2ccccc2)c2ccc(-c3ccc(N(c4ccc(-c5ccc(N(c6ccc(-c7ccc(N(c8ccc(-c9ccc(N(c%10ccccc%10)c%10cccc(C(=O)OCC)c%10)cc9)cc8)c8cccc(C(=O)OCC)c8)cc7)cc6)c6cccc(C(=O)OCC)c6)cc5)cc4)c4cccc(C(=O)OCC)c4)cc3)cc2)c1. The molecule has 592 valence electrons. The largest absolute Gasteiger partial charge is 0.462 e. The highest BCUT2D eigenvalue weighted by molar-refractivity contribution is 5.97. The fourth-order valence-electron chi connectivity index (χ4n) is 14.7. The van der Waals surface area contributed by atoms with E-state index in [0.29, 0.717) is 27.8 Å². The van der Waals surface area contributed by atoms with E-state index < -0.39 is 17.9 Å². The summed E-state index contributed by atoms with van der Waals surface area (Å²) in [6, 6.07) is 124. The lowest BCUT2D eigenvalue weighted by Crippen LogP contribution is -2.12.